The summed E-state index contributed by atoms with van der Waals surface area (Å²) in [5, 5.41) is 0. The van der Waals surface area contributed by atoms with Crippen LogP contribution in [-0.4, -0.2) is 40.3 Å². The molecule has 1 spiro atoms. The Morgan fingerprint density at radius 1 is 1.26 bits per heavy atom. The molecule has 5 nitrogen and oxygen atoms in total. The monoisotopic (exact) mass is 313 g/mol. The Morgan fingerprint density at radius 2 is 2.13 bits per heavy atom. The second-order valence-corrected chi connectivity index (χ2v) is 7.17. The number of nitrogens with zero attached hydrogens (tertiary/aromatic N) is 3. The van der Waals surface area contributed by atoms with Crippen molar-refractivity contribution < 1.29 is 9.59 Å². The minimum absolute atomic E-state index is 0.117. The number of carbonyl (C=O) groups excluding carboxylic acids is 2. The third kappa shape index (κ3) is 2.42. The molecule has 2 saturated heterocycles. The number of amides is 2. The zero-order valence-electron chi connectivity index (χ0n) is 13.4. The van der Waals surface area contributed by atoms with Crippen LogP contribution in [0.4, 0.5) is 5.69 Å². The third-order valence-corrected chi connectivity index (χ3v) is 5.76. The van der Waals surface area contributed by atoms with Crippen molar-refractivity contribution in [1.82, 2.24) is 9.88 Å². The third-order valence-electron chi connectivity index (χ3n) is 5.76. The van der Waals surface area contributed by atoms with Gasteiger partial charge in [0.2, 0.25) is 11.8 Å². The van der Waals surface area contributed by atoms with Gasteiger partial charge >= 0.3 is 0 Å². The zero-order valence-corrected chi connectivity index (χ0v) is 13.4. The van der Waals surface area contributed by atoms with E-state index in [-0.39, 0.29) is 23.3 Å². The SMILES string of the molecule is O=C1CC2(CCCCN2C(=O)C2CCC2)CN1c1cccnc1. The van der Waals surface area contributed by atoms with Gasteiger partial charge in [-0.1, -0.05) is 6.42 Å². The van der Waals surface area contributed by atoms with E-state index in [1.54, 1.807) is 12.4 Å². The normalized spacial score (nSPS) is 28.3. The van der Waals surface area contributed by atoms with Gasteiger partial charge in [-0.25, -0.2) is 0 Å². The molecule has 1 unspecified atom stereocenters. The molecule has 23 heavy (non-hydrogen) atoms. The molecule has 3 aliphatic rings. The van der Waals surface area contributed by atoms with Crippen LogP contribution in [0, 0.1) is 5.92 Å². The Bertz CT molecular complexity index is 614. The summed E-state index contributed by atoms with van der Waals surface area (Å²) < 4.78 is 0. The topological polar surface area (TPSA) is 53.5 Å². The summed E-state index contributed by atoms with van der Waals surface area (Å²) in [6.45, 7) is 1.43. The number of piperidine rings is 1. The standard InChI is InChI=1S/C18H23N3O2/c22-16-11-18(13-20(16)15-7-4-9-19-12-15)8-1-2-10-21(18)17(23)14-5-3-6-14/h4,7,9,12,14H,1-3,5-6,8,10-11,13H2. The van der Waals surface area contributed by atoms with E-state index in [0.717, 1.165) is 50.8 Å². The highest BCUT2D eigenvalue weighted by Gasteiger charge is 2.51. The lowest BCUT2D eigenvalue weighted by Gasteiger charge is -2.46. The molecular formula is C18H23N3O2. The number of likely N-dealkylation sites (tertiary alicyclic amines) is 1. The predicted octanol–water partition coefficient (Wildman–Crippen LogP) is 2.37. The van der Waals surface area contributed by atoms with Gasteiger partial charge in [0.05, 0.1) is 23.8 Å². The van der Waals surface area contributed by atoms with E-state index in [1.807, 2.05) is 17.0 Å². The van der Waals surface area contributed by atoms with Crippen molar-refractivity contribution in [2.75, 3.05) is 18.0 Å². The molecule has 2 amide bonds. The van der Waals surface area contributed by atoms with Crippen LogP contribution >= 0.6 is 0 Å². The van der Waals surface area contributed by atoms with Crippen LogP contribution in [0.2, 0.25) is 0 Å². The van der Waals surface area contributed by atoms with E-state index >= 15 is 0 Å². The first-order valence-corrected chi connectivity index (χ1v) is 8.71. The van der Waals surface area contributed by atoms with Crippen LogP contribution in [0.25, 0.3) is 0 Å². The highest BCUT2D eigenvalue weighted by Crippen LogP contribution is 2.41. The molecule has 122 valence electrons. The molecule has 3 fully saturated rings. The highest BCUT2D eigenvalue weighted by atomic mass is 16.2. The van der Waals surface area contributed by atoms with E-state index in [0.29, 0.717) is 13.0 Å². The maximum Gasteiger partial charge on any atom is 0.229 e. The highest BCUT2D eigenvalue weighted by molar-refractivity contribution is 5.97. The molecule has 3 heterocycles. The summed E-state index contributed by atoms with van der Waals surface area (Å²) >= 11 is 0. The summed E-state index contributed by atoms with van der Waals surface area (Å²) in [5.74, 6) is 0.607. The molecule has 5 heteroatoms. The average Bonchev–Trinajstić information content (AvgIpc) is 2.83. The lowest BCUT2D eigenvalue weighted by atomic mass is 9.80. The molecule has 2 aliphatic heterocycles. The number of anilines is 1. The number of rotatable bonds is 2. The van der Waals surface area contributed by atoms with E-state index in [4.69, 9.17) is 0 Å². The van der Waals surface area contributed by atoms with Gasteiger partial charge in [0.25, 0.3) is 0 Å². The van der Waals surface area contributed by atoms with Crippen molar-refractivity contribution in [1.29, 1.82) is 0 Å². The van der Waals surface area contributed by atoms with Gasteiger partial charge in [-0.3, -0.25) is 14.6 Å². The van der Waals surface area contributed by atoms with Gasteiger partial charge in [-0.2, -0.15) is 0 Å². The molecule has 1 saturated carbocycles. The first kappa shape index (κ1) is 14.7. The van der Waals surface area contributed by atoms with Crippen molar-refractivity contribution in [3.8, 4) is 0 Å². The molecule has 1 aliphatic carbocycles. The fourth-order valence-electron chi connectivity index (χ4n) is 4.23. The van der Waals surface area contributed by atoms with Gasteiger partial charge in [-0.05, 0) is 44.2 Å². The Labute approximate surface area is 136 Å². The summed E-state index contributed by atoms with van der Waals surface area (Å²) in [6, 6.07) is 3.77. The fourth-order valence-corrected chi connectivity index (χ4v) is 4.23. The predicted molar refractivity (Wildman–Crippen MR) is 86.8 cm³/mol. The van der Waals surface area contributed by atoms with Crippen LogP contribution in [0.5, 0.6) is 0 Å². The van der Waals surface area contributed by atoms with Crippen LogP contribution in [0.1, 0.15) is 44.9 Å². The molecule has 1 atom stereocenters. The summed E-state index contributed by atoms with van der Waals surface area (Å²) in [4.78, 5) is 33.5. The van der Waals surface area contributed by atoms with Gasteiger partial charge < -0.3 is 9.80 Å². The summed E-state index contributed by atoms with van der Waals surface area (Å²) in [5.41, 5.74) is 0.550. The van der Waals surface area contributed by atoms with Gasteiger partial charge in [-0.15, -0.1) is 0 Å². The van der Waals surface area contributed by atoms with Crippen LogP contribution in [-0.2, 0) is 9.59 Å². The zero-order chi connectivity index (χ0) is 15.9. The van der Waals surface area contributed by atoms with Gasteiger partial charge in [0.1, 0.15) is 0 Å². The van der Waals surface area contributed by atoms with Crippen molar-refractivity contribution >= 4 is 17.5 Å². The van der Waals surface area contributed by atoms with Crippen molar-refractivity contribution in [2.24, 2.45) is 5.92 Å². The number of aromatic nitrogens is 1. The Balaban J connectivity index is 1.60. The van der Waals surface area contributed by atoms with Crippen LogP contribution < -0.4 is 4.90 Å². The minimum atomic E-state index is -0.294. The first-order valence-electron chi connectivity index (χ1n) is 8.71. The van der Waals surface area contributed by atoms with E-state index < -0.39 is 0 Å². The Kier molecular flexibility index (Phi) is 3.58. The quantitative estimate of drug-likeness (QED) is 0.842. The number of hydrogen-bond acceptors (Lipinski definition) is 3. The number of carbonyl (C=O) groups is 2. The van der Waals surface area contributed by atoms with E-state index in [1.165, 1.54) is 0 Å². The Morgan fingerprint density at radius 3 is 2.83 bits per heavy atom. The second kappa shape index (κ2) is 5.62. The van der Waals surface area contributed by atoms with Crippen molar-refractivity contribution in [2.45, 2.75) is 50.5 Å². The van der Waals surface area contributed by atoms with Crippen molar-refractivity contribution in [3.63, 3.8) is 0 Å². The van der Waals surface area contributed by atoms with Crippen LogP contribution in [0.15, 0.2) is 24.5 Å². The molecule has 1 aromatic rings. The molecule has 0 N–H and O–H groups in total. The molecular weight excluding hydrogens is 290 g/mol. The smallest absolute Gasteiger partial charge is 0.229 e. The second-order valence-electron chi connectivity index (χ2n) is 7.17. The van der Waals surface area contributed by atoms with E-state index in [2.05, 4.69) is 9.88 Å². The molecule has 1 aromatic heterocycles. The molecule has 0 aromatic carbocycles. The molecule has 4 rings (SSSR count). The first-order chi connectivity index (χ1) is 11.2. The maximum absolute atomic E-state index is 12.9. The minimum Gasteiger partial charge on any atom is -0.334 e. The summed E-state index contributed by atoms with van der Waals surface area (Å²) in [6.07, 6.45) is 10.2. The van der Waals surface area contributed by atoms with Gasteiger partial charge in [0, 0.05) is 25.2 Å². The molecule has 0 bridgehead atoms. The van der Waals surface area contributed by atoms with E-state index in [9.17, 15) is 9.59 Å². The maximum atomic E-state index is 12.9. The lowest BCUT2D eigenvalue weighted by molar-refractivity contribution is -0.146. The van der Waals surface area contributed by atoms with Crippen molar-refractivity contribution in [3.05, 3.63) is 24.5 Å². The van der Waals surface area contributed by atoms with Gasteiger partial charge in [0.15, 0.2) is 0 Å². The lowest BCUT2D eigenvalue weighted by Crippen LogP contribution is -2.58. The fraction of sp³-hybridized carbons (Fsp3) is 0.611. The Hall–Kier alpha value is -1.91. The number of pyridine rings is 1. The largest absolute Gasteiger partial charge is 0.334 e. The average molecular weight is 313 g/mol. The summed E-state index contributed by atoms with van der Waals surface area (Å²) in [7, 11) is 0. The number of hydrogen-bond donors (Lipinski definition) is 0. The van der Waals surface area contributed by atoms with Crippen LogP contribution in [0.3, 0.4) is 0 Å². The molecule has 0 radical (unpaired) electrons.